The van der Waals surface area contributed by atoms with Gasteiger partial charge >= 0.3 is 5.97 Å². The van der Waals surface area contributed by atoms with E-state index in [0.717, 1.165) is 5.56 Å². The molecule has 0 aliphatic carbocycles. The molecule has 5 heteroatoms. The second-order valence-electron chi connectivity index (χ2n) is 4.82. The number of nitrogens with one attached hydrogen (secondary N) is 1. The molecule has 0 bridgehead atoms. The molecule has 0 saturated carbocycles. The third-order valence-electron chi connectivity index (χ3n) is 3.12. The van der Waals surface area contributed by atoms with Crippen molar-refractivity contribution >= 4 is 11.9 Å². The van der Waals surface area contributed by atoms with Crippen LogP contribution in [-0.4, -0.2) is 29.1 Å². The van der Waals surface area contributed by atoms with E-state index >= 15 is 0 Å². The van der Waals surface area contributed by atoms with E-state index in [1.54, 1.807) is 0 Å². The molecule has 0 aliphatic heterocycles. The second kappa shape index (κ2) is 8.32. The fourth-order valence-electron chi connectivity index (χ4n) is 1.92. The molecule has 5 nitrogen and oxygen atoms in total. The number of benzene rings is 1. The largest absolute Gasteiger partial charge is 0.480 e. The van der Waals surface area contributed by atoms with Crippen LogP contribution in [0, 0.1) is 0 Å². The minimum atomic E-state index is -1.02. The number of rotatable bonds is 8. The molecule has 0 spiro atoms. The number of hydrogen-bond donors (Lipinski definition) is 3. The average molecular weight is 278 g/mol. The van der Waals surface area contributed by atoms with Crippen LogP contribution in [-0.2, 0) is 16.0 Å². The predicted molar refractivity (Wildman–Crippen MR) is 77.2 cm³/mol. The summed E-state index contributed by atoms with van der Waals surface area (Å²) in [5, 5.41) is 11.5. The maximum Gasteiger partial charge on any atom is 0.326 e. The van der Waals surface area contributed by atoms with E-state index in [1.165, 1.54) is 0 Å². The number of carbonyl (C=O) groups is 2. The maximum absolute atomic E-state index is 11.9. The van der Waals surface area contributed by atoms with Gasteiger partial charge in [0, 0.05) is 0 Å². The van der Waals surface area contributed by atoms with Crippen LogP contribution in [0.3, 0.4) is 0 Å². The van der Waals surface area contributed by atoms with Crippen molar-refractivity contribution in [3.05, 3.63) is 35.9 Å². The maximum atomic E-state index is 11.9. The first kappa shape index (κ1) is 16.2. The number of hydrogen-bond acceptors (Lipinski definition) is 3. The van der Waals surface area contributed by atoms with E-state index in [1.807, 2.05) is 37.3 Å². The lowest BCUT2D eigenvalue weighted by Gasteiger charge is -2.17. The number of aliphatic carboxylic acids is 1. The molecule has 2 atom stereocenters. The monoisotopic (exact) mass is 278 g/mol. The van der Waals surface area contributed by atoms with E-state index in [2.05, 4.69) is 5.32 Å². The van der Waals surface area contributed by atoms with Crippen molar-refractivity contribution in [2.24, 2.45) is 5.73 Å². The Bertz CT molecular complexity index is 434. The molecule has 0 radical (unpaired) electrons. The molecule has 1 unspecified atom stereocenters. The number of carboxylic acids is 1. The quantitative estimate of drug-likeness (QED) is 0.668. The van der Waals surface area contributed by atoms with Gasteiger partial charge in [-0.1, -0.05) is 43.7 Å². The van der Waals surface area contributed by atoms with Crippen LogP contribution in [0.5, 0.6) is 0 Å². The van der Waals surface area contributed by atoms with E-state index in [4.69, 9.17) is 10.8 Å². The summed E-state index contributed by atoms with van der Waals surface area (Å²) in [5.41, 5.74) is 6.91. The molecule has 110 valence electrons. The lowest BCUT2D eigenvalue weighted by atomic mass is 10.0. The standard InChI is InChI=1S/C15H22N2O3/c1-2-6-13(15(19)20)17-14(18)12(16)10-9-11-7-4-3-5-8-11/h3-5,7-8,12-13H,2,6,9-10,16H2,1H3,(H,17,18)(H,19,20)/t12?,13-/m0/s1. The van der Waals surface area contributed by atoms with Gasteiger partial charge in [0.25, 0.3) is 0 Å². The van der Waals surface area contributed by atoms with Gasteiger partial charge in [-0.2, -0.15) is 0 Å². The topological polar surface area (TPSA) is 92.4 Å². The SMILES string of the molecule is CCC[C@H](NC(=O)C(N)CCc1ccccc1)C(=O)O. The molecule has 0 heterocycles. The summed E-state index contributed by atoms with van der Waals surface area (Å²) in [4.78, 5) is 22.8. The minimum absolute atomic E-state index is 0.401. The fraction of sp³-hybridized carbons (Fsp3) is 0.467. The minimum Gasteiger partial charge on any atom is -0.480 e. The highest BCUT2D eigenvalue weighted by atomic mass is 16.4. The van der Waals surface area contributed by atoms with Gasteiger partial charge in [-0.3, -0.25) is 4.79 Å². The molecule has 0 aromatic heterocycles. The Hall–Kier alpha value is -1.88. The van der Waals surface area contributed by atoms with Crippen molar-refractivity contribution < 1.29 is 14.7 Å². The van der Waals surface area contributed by atoms with Crippen LogP contribution in [0.1, 0.15) is 31.7 Å². The van der Waals surface area contributed by atoms with Crippen molar-refractivity contribution in [1.29, 1.82) is 0 Å². The molecule has 0 fully saturated rings. The first-order valence-corrected chi connectivity index (χ1v) is 6.87. The Morgan fingerprint density at radius 1 is 1.25 bits per heavy atom. The van der Waals surface area contributed by atoms with Crippen LogP contribution >= 0.6 is 0 Å². The van der Waals surface area contributed by atoms with Crippen LogP contribution < -0.4 is 11.1 Å². The second-order valence-corrected chi connectivity index (χ2v) is 4.82. The van der Waals surface area contributed by atoms with Crippen molar-refractivity contribution in [2.75, 3.05) is 0 Å². The molecule has 0 saturated heterocycles. The van der Waals surface area contributed by atoms with E-state index in [-0.39, 0.29) is 0 Å². The van der Waals surface area contributed by atoms with Crippen LogP contribution in [0.2, 0.25) is 0 Å². The molecular weight excluding hydrogens is 256 g/mol. The molecule has 1 aromatic carbocycles. The first-order chi connectivity index (χ1) is 9.54. The van der Waals surface area contributed by atoms with Gasteiger partial charge in [0.2, 0.25) is 5.91 Å². The highest BCUT2D eigenvalue weighted by molar-refractivity contribution is 5.86. The average Bonchev–Trinajstić information content (AvgIpc) is 2.45. The van der Waals surface area contributed by atoms with E-state index < -0.39 is 24.0 Å². The zero-order valence-electron chi connectivity index (χ0n) is 11.7. The number of aryl methyl sites for hydroxylation is 1. The third-order valence-corrected chi connectivity index (χ3v) is 3.12. The Kier molecular flexibility index (Phi) is 6.73. The van der Waals surface area contributed by atoms with Crippen molar-refractivity contribution in [2.45, 2.75) is 44.7 Å². The van der Waals surface area contributed by atoms with Gasteiger partial charge in [0.15, 0.2) is 0 Å². The summed E-state index contributed by atoms with van der Waals surface area (Å²) >= 11 is 0. The summed E-state index contributed by atoms with van der Waals surface area (Å²) < 4.78 is 0. The smallest absolute Gasteiger partial charge is 0.326 e. The molecule has 1 aromatic rings. The normalized spacial score (nSPS) is 13.5. The fourth-order valence-corrected chi connectivity index (χ4v) is 1.92. The number of carbonyl (C=O) groups excluding carboxylic acids is 1. The van der Waals surface area contributed by atoms with Gasteiger partial charge < -0.3 is 16.2 Å². The summed E-state index contributed by atoms with van der Waals surface area (Å²) in [6, 6.07) is 8.21. The van der Waals surface area contributed by atoms with Crippen molar-refractivity contribution in [3.8, 4) is 0 Å². The Balaban J connectivity index is 2.44. The number of nitrogens with two attached hydrogens (primary N) is 1. The summed E-state index contributed by atoms with van der Waals surface area (Å²) in [6.45, 7) is 1.87. The highest BCUT2D eigenvalue weighted by Crippen LogP contribution is 2.05. The van der Waals surface area contributed by atoms with Gasteiger partial charge in [-0.05, 0) is 24.8 Å². The molecular formula is C15H22N2O3. The Morgan fingerprint density at radius 3 is 2.45 bits per heavy atom. The molecule has 1 rings (SSSR count). The van der Waals surface area contributed by atoms with Gasteiger partial charge in [0.1, 0.15) is 6.04 Å². The van der Waals surface area contributed by atoms with Gasteiger partial charge in [-0.15, -0.1) is 0 Å². The number of carboxylic acid groups (broad SMARTS) is 1. The zero-order chi connectivity index (χ0) is 15.0. The summed E-state index contributed by atoms with van der Waals surface area (Å²) in [5.74, 6) is -1.42. The zero-order valence-corrected chi connectivity index (χ0v) is 11.7. The number of amides is 1. The lowest BCUT2D eigenvalue weighted by Crippen LogP contribution is -2.48. The Morgan fingerprint density at radius 2 is 1.90 bits per heavy atom. The third kappa shape index (κ3) is 5.40. The predicted octanol–water partition coefficient (Wildman–Crippen LogP) is 1.32. The van der Waals surface area contributed by atoms with E-state index in [9.17, 15) is 9.59 Å². The first-order valence-electron chi connectivity index (χ1n) is 6.87. The van der Waals surface area contributed by atoms with Crippen molar-refractivity contribution in [3.63, 3.8) is 0 Å². The van der Waals surface area contributed by atoms with Gasteiger partial charge in [0.05, 0.1) is 6.04 Å². The molecule has 4 N–H and O–H groups in total. The van der Waals surface area contributed by atoms with Gasteiger partial charge in [-0.25, -0.2) is 4.79 Å². The van der Waals surface area contributed by atoms with Crippen LogP contribution in [0.25, 0.3) is 0 Å². The lowest BCUT2D eigenvalue weighted by molar-refractivity contribution is -0.142. The van der Waals surface area contributed by atoms with Crippen LogP contribution in [0.4, 0.5) is 0 Å². The summed E-state index contributed by atoms with van der Waals surface area (Å²) in [6.07, 6.45) is 2.29. The van der Waals surface area contributed by atoms with Crippen LogP contribution in [0.15, 0.2) is 30.3 Å². The molecule has 1 amide bonds. The summed E-state index contributed by atoms with van der Waals surface area (Å²) in [7, 11) is 0. The van der Waals surface area contributed by atoms with Crippen molar-refractivity contribution in [1.82, 2.24) is 5.32 Å². The highest BCUT2D eigenvalue weighted by Gasteiger charge is 2.22. The molecule has 0 aliphatic rings. The Labute approximate surface area is 119 Å². The molecule has 20 heavy (non-hydrogen) atoms. The van der Waals surface area contributed by atoms with E-state index in [0.29, 0.717) is 25.7 Å².